The van der Waals surface area contributed by atoms with Gasteiger partial charge in [0.15, 0.2) is 0 Å². The third-order valence-electron chi connectivity index (χ3n) is 5.36. The number of halogens is 3. The van der Waals surface area contributed by atoms with Crippen LogP contribution >= 0.6 is 0 Å². The number of ether oxygens (including phenoxy) is 1. The fourth-order valence-corrected chi connectivity index (χ4v) is 3.50. The van der Waals surface area contributed by atoms with Gasteiger partial charge in [0.25, 0.3) is 0 Å². The second-order valence-corrected chi connectivity index (χ2v) is 8.17. The first kappa shape index (κ1) is 26.8. The third-order valence-corrected chi connectivity index (χ3v) is 5.36. The molecular formula is C26H27F3N4O3. The monoisotopic (exact) mass is 500 g/mol. The van der Waals surface area contributed by atoms with Crippen molar-refractivity contribution in [3.63, 3.8) is 0 Å². The number of anilines is 1. The molecule has 2 aromatic carbocycles. The first-order valence-electron chi connectivity index (χ1n) is 11.5. The van der Waals surface area contributed by atoms with E-state index in [1.165, 1.54) is 0 Å². The molecule has 10 heteroatoms. The van der Waals surface area contributed by atoms with Gasteiger partial charge in [0.1, 0.15) is 0 Å². The summed E-state index contributed by atoms with van der Waals surface area (Å²) < 4.78 is 40.1. The van der Waals surface area contributed by atoms with Crippen molar-refractivity contribution in [2.75, 3.05) is 11.9 Å². The maximum atomic E-state index is 12.1. The lowest BCUT2D eigenvalue weighted by Crippen LogP contribution is -2.29. The molecule has 3 N–H and O–H groups in total. The first-order valence-corrected chi connectivity index (χ1v) is 11.5. The minimum Gasteiger partial charge on any atom is -0.386 e. The predicted octanol–water partition coefficient (Wildman–Crippen LogP) is 5.13. The molecule has 1 atom stereocenters. The van der Waals surface area contributed by atoms with E-state index in [4.69, 9.17) is 10.7 Å². The van der Waals surface area contributed by atoms with Gasteiger partial charge in [-0.25, -0.2) is 14.8 Å². The second kappa shape index (κ2) is 12.8. The fourth-order valence-electron chi connectivity index (χ4n) is 3.50. The van der Waals surface area contributed by atoms with Crippen LogP contribution < -0.4 is 11.1 Å². The van der Waals surface area contributed by atoms with Gasteiger partial charge in [-0.2, -0.15) is 13.2 Å². The molecule has 0 aliphatic carbocycles. The Bertz CT molecular complexity index is 1140. The molecule has 190 valence electrons. The van der Waals surface area contributed by atoms with Gasteiger partial charge in [0, 0.05) is 36.3 Å². The van der Waals surface area contributed by atoms with E-state index < -0.39 is 24.2 Å². The number of unbranched alkanes of at least 4 members (excludes halogenated alkanes) is 1. The van der Waals surface area contributed by atoms with E-state index in [0.29, 0.717) is 18.9 Å². The predicted molar refractivity (Wildman–Crippen MR) is 130 cm³/mol. The Morgan fingerprint density at radius 3 is 2.22 bits per heavy atom. The zero-order valence-corrected chi connectivity index (χ0v) is 19.5. The van der Waals surface area contributed by atoms with E-state index >= 15 is 0 Å². The summed E-state index contributed by atoms with van der Waals surface area (Å²) in [4.78, 5) is 31.2. The van der Waals surface area contributed by atoms with Gasteiger partial charge in [0.2, 0.25) is 5.95 Å². The van der Waals surface area contributed by atoms with Gasteiger partial charge in [-0.05, 0) is 24.8 Å². The van der Waals surface area contributed by atoms with Crippen LogP contribution in [0.1, 0.15) is 32.1 Å². The highest BCUT2D eigenvalue weighted by atomic mass is 19.4. The van der Waals surface area contributed by atoms with Crippen molar-refractivity contribution in [1.29, 1.82) is 0 Å². The highest BCUT2D eigenvalue weighted by Gasteiger charge is 2.42. The highest BCUT2D eigenvalue weighted by Crippen LogP contribution is 2.30. The zero-order valence-electron chi connectivity index (χ0n) is 19.5. The largest absolute Gasteiger partial charge is 0.491 e. The van der Waals surface area contributed by atoms with Crippen molar-refractivity contribution in [3.05, 3.63) is 66.9 Å². The van der Waals surface area contributed by atoms with Gasteiger partial charge in [-0.15, -0.1) is 0 Å². The molecular weight excluding hydrogens is 473 g/mol. The summed E-state index contributed by atoms with van der Waals surface area (Å²) in [6.07, 6.45) is -1.60. The first-order chi connectivity index (χ1) is 17.2. The second-order valence-electron chi connectivity index (χ2n) is 8.17. The van der Waals surface area contributed by atoms with E-state index in [9.17, 15) is 22.8 Å². The Hall–Kier alpha value is -3.79. The summed E-state index contributed by atoms with van der Waals surface area (Å²) in [5.41, 5.74) is 9.66. The van der Waals surface area contributed by atoms with Crippen LogP contribution in [-0.2, 0) is 14.3 Å². The van der Waals surface area contributed by atoms with E-state index in [-0.39, 0.29) is 12.8 Å². The average Bonchev–Trinajstić information content (AvgIpc) is 2.87. The molecule has 0 spiro atoms. The Morgan fingerprint density at radius 2 is 1.58 bits per heavy atom. The van der Waals surface area contributed by atoms with Crippen molar-refractivity contribution in [2.24, 2.45) is 5.73 Å². The molecule has 0 amide bonds. The number of esters is 2. The van der Waals surface area contributed by atoms with E-state index in [1.54, 1.807) is 6.20 Å². The Kier molecular flexibility index (Phi) is 9.52. The average molecular weight is 501 g/mol. The number of hydrogen-bond donors (Lipinski definition) is 2. The number of nitrogens with one attached hydrogen (secondary N) is 1. The van der Waals surface area contributed by atoms with Crippen molar-refractivity contribution in [2.45, 2.75) is 44.3 Å². The van der Waals surface area contributed by atoms with Crippen molar-refractivity contribution < 1.29 is 27.5 Å². The van der Waals surface area contributed by atoms with Crippen LogP contribution in [0, 0.1) is 0 Å². The normalized spacial score (nSPS) is 12.1. The summed E-state index contributed by atoms with van der Waals surface area (Å²) in [6.45, 7) is 0.591. The Labute approximate surface area is 206 Å². The SMILES string of the molecule is NC(CCCCNc1ncc(-c2ccccc2)c(-c2ccccc2)n1)CCC(=O)OC(=O)C(F)(F)F. The molecule has 0 fully saturated rings. The topological polar surface area (TPSA) is 107 Å². The molecule has 0 radical (unpaired) electrons. The number of rotatable bonds is 11. The summed E-state index contributed by atoms with van der Waals surface area (Å²) >= 11 is 0. The van der Waals surface area contributed by atoms with Crippen molar-refractivity contribution in [3.8, 4) is 22.4 Å². The van der Waals surface area contributed by atoms with Gasteiger partial charge >= 0.3 is 18.1 Å². The van der Waals surface area contributed by atoms with Crippen LogP contribution in [0.4, 0.5) is 19.1 Å². The number of nitrogens with two attached hydrogens (primary N) is 1. The fraction of sp³-hybridized carbons (Fsp3) is 0.308. The Balaban J connectivity index is 1.47. The third kappa shape index (κ3) is 8.16. The molecule has 1 aromatic heterocycles. The van der Waals surface area contributed by atoms with E-state index in [2.05, 4.69) is 15.0 Å². The standard InChI is InChI=1S/C26H27F3N4O3/c27-26(28,29)24(35)36-22(34)15-14-20(30)13-7-8-16-31-25-32-17-21(18-9-3-1-4-10-18)23(33-25)19-11-5-2-6-12-19/h1-6,9-12,17,20H,7-8,13-16,30H2,(H,31,32,33). The number of carbonyl (C=O) groups is 2. The molecule has 1 heterocycles. The van der Waals surface area contributed by atoms with Crippen LogP contribution in [0.3, 0.4) is 0 Å². The highest BCUT2D eigenvalue weighted by molar-refractivity contribution is 5.88. The van der Waals surface area contributed by atoms with E-state index in [1.807, 2.05) is 60.7 Å². The van der Waals surface area contributed by atoms with Gasteiger partial charge in [0.05, 0.1) is 5.69 Å². The maximum absolute atomic E-state index is 12.1. The summed E-state index contributed by atoms with van der Waals surface area (Å²) in [5, 5.41) is 3.21. The van der Waals surface area contributed by atoms with Crippen LogP contribution in [0.5, 0.6) is 0 Å². The molecule has 3 aromatic rings. The lowest BCUT2D eigenvalue weighted by molar-refractivity contribution is -0.201. The molecule has 0 saturated heterocycles. The summed E-state index contributed by atoms with van der Waals surface area (Å²) in [7, 11) is 0. The maximum Gasteiger partial charge on any atom is 0.491 e. The van der Waals surface area contributed by atoms with Crippen LogP contribution in [-0.4, -0.2) is 40.7 Å². The van der Waals surface area contributed by atoms with Crippen LogP contribution in [0.25, 0.3) is 22.4 Å². The molecule has 0 aliphatic rings. The molecule has 0 bridgehead atoms. The Morgan fingerprint density at radius 1 is 0.944 bits per heavy atom. The quantitative estimate of drug-likeness (QED) is 0.213. The molecule has 0 saturated carbocycles. The number of carbonyl (C=O) groups excluding carboxylic acids is 2. The molecule has 1 unspecified atom stereocenters. The van der Waals surface area contributed by atoms with Crippen LogP contribution in [0.2, 0.25) is 0 Å². The molecule has 3 rings (SSSR count). The molecule has 0 aliphatic heterocycles. The number of nitrogens with zero attached hydrogens (tertiary/aromatic N) is 2. The van der Waals surface area contributed by atoms with E-state index in [0.717, 1.165) is 35.2 Å². The van der Waals surface area contributed by atoms with Crippen LogP contribution in [0.15, 0.2) is 66.9 Å². The number of alkyl halides is 3. The summed E-state index contributed by atoms with van der Waals surface area (Å²) in [6, 6.07) is 19.3. The number of benzene rings is 2. The van der Waals surface area contributed by atoms with Gasteiger partial charge in [-0.1, -0.05) is 67.1 Å². The molecule has 7 nitrogen and oxygen atoms in total. The lowest BCUT2D eigenvalue weighted by atomic mass is 10.0. The van der Waals surface area contributed by atoms with Crippen molar-refractivity contribution >= 4 is 17.9 Å². The minimum atomic E-state index is -5.20. The lowest BCUT2D eigenvalue weighted by Gasteiger charge is -2.13. The smallest absolute Gasteiger partial charge is 0.386 e. The minimum absolute atomic E-state index is 0.127. The van der Waals surface area contributed by atoms with Gasteiger partial charge in [-0.3, -0.25) is 4.79 Å². The van der Waals surface area contributed by atoms with Gasteiger partial charge < -0.3 is 15.8 Å². The summed E-state index contributed by atoms with van der Waals surface area (Å²) in [5.74, 6) is -3.25. The number of hydrogen-bond acceptors (Lipinski definition) is 7. The zero-order chi connectivity index (χ0) is 26.0. The number of aromatic nitrogens is 2. The molecule has 36 heavy (non-hydrogen) atoms. The van der Waals surface area contributed by atoms with Crippen molar-refractivity contribution in [1.82, 2.24) is 9.97 Å².